The van der Waals surface area contributed by atoms with E-state index in [9.17, 15) is 14.7 Å². The summed E-state index contributed by atoms with van der Waals surface area (Å²) in [5.41, 5.74) is 1.69. The summed E-state index contributed by atoms with van der Waals surface area (Å²) in [7, 11) is 0. The van der Waals surface area contributed by atoms with Crippen LogP contribution in [-0.2, 0) is 19.1 Å². The lowest BCUT2D eigenvalue weighted by Gasteiger charge is -2.34. The van der Waals surface area contributed by atoms with Crippen molar-refractivity contribution < 1.29 is 24.2 Å². The number of pyridine rings is 1. The normalized spacial score (nSPS) is 22.7. The number of rotatable bonds is 6. The minimum atomic E-state index is -0.705. The van der Waals surface area contributed by atoms with E-state index < -0.39 is 11.5 Å². The Morgan fingerprint density at radius 2 is 1.97 bits per heavy atom. The molecule has 1 aromatic carbocycles. The molecule has 0 unspecified atom stereocenters. The molecule has 160 valence electrons. The highest BCUT2D eigenvalue weighted by atomic mass is 16.5. The van der Waals surface area contributed by atoms with Crippen molar-refractivity contribution in [3.8, 4) is 0 Å². The highest BCUT2D eigenvalue weighted by molar-refractivity contribution is 5.83. The average molecular weight is 411 g/mol. The molecule has 1 aliphatic carbocycles. The number of hydrogen-bond donors (Lipinski definition) is 1. The van der Waals surface area contributed by atoms with E-state index in [1.807, 2.05) is 42.5 Å². The predicted molar refractivity (Wildman–Crippen MR) is 114 cm³/mol. The maximum Gasteiger partial charge on any atom is 0.315 e. The minimum absolute atomic E-state index is 0.232. The molecule has 1 atom stereocenters. The summed E-state index contributed by atoms with van der Waals surface area (Å²) in [4.78, 5) is 28.5. The van der Waals surface area contributed by atoms with Crippen LogP contribution in [0.3, 0.4) is 0 Å². The number of aliphatic hydroxyl groups is 1. The van der Waals surface area contributed by atoms with Crippen molar-refractivity contribution in [3.63, 3.8) is 0 Å². The third-order valence-corrected chi connectivity index (χ3v) is 5.62. The zero-order valence-electron chi connectivity index (χ0n) is 17.8. The van der Waals surface area contributed by atoms with Crippen molar-refractivity contribution in [1.29, 1.82) is 0 Å². The number of benzene rings is 1. The Labute approximate surface area is 176 Å². The number of esters is 2. The van der Waals surface area contributed by atoms with Crippen molar-refractivity contribution in [3.05, 3.63) is 47.7 Å². The molecule has 1 aliphatic rings. The van der Waals surface area contributed by atoms with E-state index in [1.54, 1.807) is 13.8 Å². The summed E-state index contributed by atoms with van der Waals surface area (Å²) >= 11 is 0. The van der Waals surface area contributed by atoms with E-state index in [1.165, 1.54) is 6.92 Å². The van der Waals surface area contributed by atoms with Gasteiger partial charge in [-0.1, -0.05) is 30.4 Å². The van der Waals surface area contributed by atoms with Gasteiger partial charge in [-0.05, 0) is 57.2 Å². The first-order valence-corrected chi connectivity index (χ1v) is 10.5. The smallest absolute Gasteiger partial charge is 0.315 e. The van der Waals surface area contributed by atoms with E-state index in [-0.39, 0.29) is 18.0 Å². The number of nitrogens with zero attached hydrogens (tertiary/aromatic N) is 1. The summed E-state index contributed by atoms with van der Waals surface area (Å²) in [5.74, 6) is -0.576. The second kappa shape index (κ2) is 9.39. The summed E-state index contributed by atoms with van der Waals surface area (Å²) in [6, 6.07) is 9.71. The van der Waals surface area contributed by atoms with Crippen molar-refractivity contribution >= 4 is 28.9 Å². The molecule has 6 heteroatoms. The molecule has 30 heavy (non-hydrogen) atoms. The van der Waals surface area contributed by atoms with E-state index in [0.717, 1.165) is 16.5 Å². The highest BCUT2D eigenvalue weighted by Gasteiger charge is 2.40. The van der Waals surface area contributed by atoms with Gasteiger partial charge in [0.05, 0.1) is 29.3 Å². The van der Waals surface area contributed by atoms with Crippen LogP contribution in [0, 0.1) is 5.41 Å². The van der Waals surface area contributed by atoms with Crippen molar-refractivity contribution in [2.75, 3.05) is 6.61 Å². The topological polar surface area (TPSA) is 85.7 Å². The standard InChI is InChI=1S/C24H29NO5/c1-4-29-23(28)24(13-10-20(27)11-14-24)12-9-18-5-6-19-7-8-21(25-22(19)15-18)16(2)30-17(3)26/h5-9,12,15-16,20,27H,4,10-11,13-14H2,1-3H3/b12-9+/t16-,20?,24?/m1/s1. The van der Waals surface area contributed by atoms with Gasteiger partial charge in [0, 0.05) is 12.3 Å². The molecular weight excluding hydrogens is 382 g/mol. The fourth-order valence-electron chi connectivity index (χ4n) is 3.88. The maximum absolute atomic E-state index is 12.7. The molecule has 6 nitrogen and oxygen atoms in total. The number of aliphatic hydroxyl groups excluding tert-OH is 1. The highest BCUT2D eigenvalue weighted by Crippen LogP contribution is 2.39. The Morgan fingerprint density at radius 3 is 2.63 bits per heavy atom. The van der Waals surface area contributed by atoms with Crippen molar-refractivity contribution in [2.45, 2.75) is 58.7 Å². The molecule has 1 N–H and O–H groups in total. The quantitative estimate of drug-likeness (QED) is 0.711. The first-order chi connectivity index (χ1) is 14.3. The van der Waals surface area contributed by atoms with Crippen LogP contribution in [0.4, 0.5) is 0 Å². The lowest BCUT2D eigenvalue weighted by atomic mass is 9.72. The zero-order valence-corrected chi connectivity index (χ0v) is 17.8. The molecule has 1 saturated carbocycles. The predicted octanol–water partition coefficient (Wildman–Crippen LogP) is 4.36. The molecule has 0 spiro atoms. The van der Waals surface area contributed by atoms with Gasteiger partial charge in [0.25, 0.3) is 0 Å². The molecule has 0 amide bonds. The monoisotopic (exact) mass is 411 g/mol. The third-order valence-electron chi connectivity index (χ3n) is 5.62. The molecule has 3 rings (SSSR count). The van der Waals surface area contributed by atoms with Crippen LogP contribution in [0.25, 0.3) is 17.0 Å². The first-order valence-electron chi connectivity index (χ1n) is 10.5. The number of carbonyl (C=O) groups is 2. The van der Waals surface area contributed by atoms with Gasteiger partial charge in [-0.15, -0.1) is 0 Å². The third kappa shape index (κ3) is 5.05. The fourth-order valence-corrected chi connectivity index (χ4v) is 3.88. The number of carbonyl (C=O) groups excluding carboxylic acids is 2. The number of ether oxygens (including phenoxy) is 2. The number of hydrogen-bond acceptors (Lipinski definition) is 6. The summed E-state index contributed by atoms with van der Waals surface area (Å²) in [6.45, 7) is 5.31. The van der Waals surface area contributed by atoms with Crippen LogP contribution in [0.15, 0.2) is 36.4 Å². The summed E-state index contributed by atoms with van der Waals surface area (Å²) in [5, 5.41) is 10.8. The Morgan fingerprint density at radius 1 is 1.27 bits per heavy atom. The molecule has 1 heterocycles. The largest absolute Gasteiger partial charge is 0.465 e. The average Bonchev–Trinajstić information content (AvgIpc) is 2.72. The lowest BCUT2D eigenvalue weighted by Crippen LogP contribution is -2.36. The Balaban J connectivity index is 1.88. The zero-order chi connectivity index (χ0) is 21.7. The van der Waals surface area contributed by atoms with Crippen LogP contribution < -0.4 is 0 Å². The van der Waals surface area contributed by atoms with Gasteiger partial charge >= 0.3 is 11.9 Å². The van der Waals surface area contributed by atoms with Crippen LogP contribution in [-0.4, -0.2) is 34.7 Å². The molecule has 0 radical (unpaired) electrons. The number of fused-ring (bicyclic) bond motifs is 1. The van der Waals surface area contributed by atoms with Gasteiger partial charge in [0.15, 0.2) is 0 Å². The van der Waals surface area contributed by atoms with Gasteiger partial charge in [-0.25, -0.2) is 4.98 Å². The van der Waals surface area contributed by atoms with E-state index in [0.29, 0.717) is 38.0 Å². The van der Waals surface area contributed by atoms with Crippen LogP contribution in [0.2, 0.25) is 0 Å². The molecule has 0 aliphatic heterocycles. The fraction of sp³-hybridized carbons (Fsp3) is 0.458. The van der Waals surface area contributed by atoms with Crippen molar-refractivity contribution in [2.24, 2.45) is 5.41 Å². The second-order valence-corrected chi connectivity index (χ2v) is 7.88. The molecule has 0 bridgehead atoms. The van der Waals surface area contributed by atoms with Crippen molar-refractivity contribution in [1.82, 2.24) is 4.98 Å². The Kier molecular flexibility index (Phi) is 6.87. The van der Waals surface area contributed by atoms with Crippen LogP contribution in [0.1, 0.15) is 63.8 Å². The van der Waals surface area contributed by atoms with E-state index >= 15 is 0 Å². The SMILES string of the molecule is CCOC(=O)C1(/C=C/c2ccc3ccc([C@@H](C)OC(C)=O)nc3c2)CCC(O)CC1. The first kappa shape index (κ1) is 22.0. The summed E-state index contributed by atoms with van der Waals surface area (Å²) < 4.78 is 10.6. The maximum atomic E-state index is 12.7. The molecule has 1 fully saturated rings. The van der Waals surface area contributed by atoms with Crippen LogP contribution in [0.5, 0.6) is 0 Å². The van der Waals surface area contributed by atoms with Gasteiger partial charge in [-0.2, -0.15) is 0 Å². The minimum Gasteiger partial charge on any atom is -0.465 e. The van der Waals surface area contributed by atoms with E-state index in [4.69, 9.17) is 9.47 Å². The molecule has 0 saturated heterocycles. The lowest BCUT2D eigenvalue weighted by molar-refractivity contribution is -0.155. The molecule has 1 aromatic heterocycles. The van der Waals surface area contributed by atoms with Gasteiger partial charge in [0.2, 0.25) is 0 Å². The van der Waals surface area contributed by atoms with Gasteiger partial charge in [0.1, 0.15) is 6.10 Å². The Hall–Kier alpha value is -2.73. The van der Waals surface area contributed by atoms with E-state index in [2.05, 4.69) is 4.98 Å². The number of aromatic nitrogens is 1. The van der Waals surface area contributed by atoms with Gasteiger partial charge in [-0.3, -0.25) is 9.59 Å². The summed E-state index contributed by atoms with van der Waals surface area (Å²) in [6.07, 6.45) is 5.37. The molecular formula is C24H29NO5. The van der Waals surface area contributed by atoms with Gasteiger partial charge < -0.3 is 14.6 Å². The van der Waals surface area contributed by atoms with Crippen LogP contribution >= 0.6 is 0 Å². The Bertz CT molecular complexity index is 944. The second-order valence-electron chi connectivity index (χ2n) is 7.88. The molecule has 2 aromatic rings.